The minimum absolute atomic E-state index is 0.0142. The zero-order valence-electron chi connectivity index (χ0n) is 10.00. The van der Waals surface area contributed by atoms with Crippen molar-refractivity contribution in [2.24, 2.45) is 7.05 Å². The molecule has 3 nitrogen and oxygen atoms in total. The molecule has 0 saturated carbocycles. The van der Waals surface area contributed by atoms with Gasteiger partial charge in [0, 0.05) is 18.8 Å². The van der Waals surface area contributed by atoms with Crippen molar-refractivity contribution in [1.29, 1.82) is 0 Å². The first-order valence-electron chi connectivity index (χ1n) is 5.77. The van der Waals surface area contributed by atoms with E-state index in [4.69, 9.17) is 0 Å². The van der Waals surface area contributed by atoms with E-state index in [9.17, 15) is 4.79 Å². The van der Waals surface area contributed by atoms with Crippen LogP contribution in [0.15, 0.2) is 59.5 Å². The maximum absolute atomic E-state index is 11.9. The zero-order valence-corrected chi connectivity index (χ0v) is 10.00. The van der Waals surface area contributed by atoms with E-state index in [1.807, 2.05) is 48.5 Å². The lowest BCUT2D eigenvalue weighted by Crippen LogP contribution is -2.15. The summed E-state index contributed by atoms with van der Waals surface area (Å²) in [5.74, 6) is 0. The Morgan fingerprint density at radius 2 is 1.78 bits per heavy atom. The van der Waals surface area contributed by atoms with E-state index in [0.717, 1.165) is 16.8 Å². The SMILES string of the molecule is Cn1ccc2nc(-c3ccccc3)ccc2c1=O. The summed E-state index contributed by atoms with van der Waals surface area (Å²) < 4.78 is 1.56. The third-order valence-electron chi connectivity index (χ3n) is 3.00. The lowest BCUT2D eigenvalue weighted by Gasteiger charge is -2.04. The van der Waals surface area contributed by atoms with E-state index < -0.39 is 0 Å². The summed E-state index contributed by atoms with van der Waals surface area (Å²) in [5, 5.41) is 0.652. The molecule has 0 fully saturated rings. The highest BCUT2D eigenvalue weighted by atomic mass is 16.1. The average molecular weight is 236 g/mol. The maximum atomic E-state index is 11.9. The Morgan fingerprint density at radius 1 is 1.00 bits per heavy atom. The number of hydrogen-bond acceptors (Lipinski definition) is 2. The van der Waals surface area contributed by atoms with Gasteiger partial charge in [-0.25, -0.2) is 4.98 Å². The van der Waals surface area contributed by atoms with E-state index in [-0.39, 0.29) is 5.56 Å². The van der Waals surface area contributed by atoms with Crippen LogP contribution < -0.4 is 5.56 Å². The number of aromatic nitrogens is 2. The van der Waals surface area contributed by atoms with E-state index in [0.29, 0.717) is 5.39 Å². The molecule has 0 aliphatic heterocycles. The number of fused-ring (bicyclic) bond motifs is 1. The Bertz CT molecular complexity index is 760. The zero-order chi connectivity index (χ0) is 12.5. The molecule has 18 heavy (non-hydrogen) atoms. The number of hydrogen-bond donors (Lipinski definition) is 0. The molecule has 3 aromatic rings. The van der Waals surface area contributed by atoms with E-state index in [2.05, 4.69) is 4.98 Å². The second-order valence-corrected chi connectivity index (χ2v) is 4.23. The molecule has 1 aromatic carbocycles. The van der Waals surface area contributed by atoms with Crippen molar-refractivity contribution in [2.75, 3.05) is 0 Å². The molecular formula is C15H12N2O. The maximum Gasteiger partial charge on any atom is 0.259 e. The average Bonchev–Trinajstić information content (AvgIpc) is 2.44. The number of rotatable bonds is 1. The first kappa shape index (κ1) is 10.7. The summed E-state index contributed by atoms with van der Waals surface area (Å²) in [6.07, 6.45) is 1.74. The molecule has 0 atom stereocenters. The van der Waals surface area contributed by atoms with Crippen LogP contribution in [-0.4, -0.2) is 9.55 Å². The first-order chi connectivity index (χ1) is 8.75. The molecule has 0 radical (unpaired) electrons. The van der Waals surface area contributed by atoms with Gasteiger partial charge in [0.1, 0.15) is 0 Å². The highest BCUT2D eigenvalue weighted by molar-refractivity contribution is 5.80. The third-order valence-corrected chi connectivity index (χ3v) is 3.00. The predicted molar refractivity (Wildman–Crippen MR) is 72.4 cm³/mol. The third kappa shape index (κ3) is 1.70. The molecule has 88 valence electrons. The van der Waals surface area contributed by atoms with E-state index in [1.165, 1.54) is 0 Å². The van der Waals surface area contributed by atoms with Gasteiger partial charge in [0.25, 0.3) is 5.56 Å². The van der Waals surface area contributed by atoms with Crippen LogP contribution in [0.5, 0.6) is 0 Å². The fourth-order valence-electron chi connectivity index (χ4n) is 1.99. The van der Waals surface area contributed by atoms with E-state index >= 15 is 0 Å². The van der Waals surface area contributed by atoms with Crippen LogP contribution in [0.25, 0.3) is 22.2 Å². The van der Waals surface area contributed by atoms with Crippen molar-refractivity contribution in [3.05, 3.63) is 65.1 Å². The van der Waals surface area contributed by atoms with Gasteiger partial charge in [-0.2, -0.15) is 0 Å². The Kier molecular flexibility index (Phi) is 2.45. The van der Waals surface area contributed by atoms with Crippen LogP contribution >= 0.6 is 0 Å². The molecule has 2 heterocycles. The van der Waals surface area contributed by atoms with Crippen LogP contribution in [0.1, 0.15) is 0 Å². The second-order valence-electron chi connectivity index (χ2n) is 4.23. The smallest absolute Gasteiger partial charge is 0.259 e. The molecule has 0 aliphatic carbocycles. The van der Waals surface area contributed by atoms with Crippen LogP contribution in [0.2, 0.25) is 0 Å². The van der Waals surface area contributed by atoms with Crippen LogP contribution in [0.3, 0.4) is 0 Å². The Hall–Kier alpha value is -2.42. The van der Waals surface area contributed by atoms with Gasteiger partial charge in [-0.15, -0.1) is 0 Å². The molecule has 3 rings (SSSR count). The van der Waals surface area contributed by atoms with Crippen molar-refractivity contribution in [1.82, 2.24) is 9.55 Å². The van der Waals surface area contributed by atoms with Gasteiger partial charge < -0.3 is 4.57 Å². The lowest BCUT2D eigenvalue weighted by molar-refractivity contribution is 0.872. The summed E-state index contributed by atoms with van der Waals surface area (Å²) in [7, 11) is 1.74. The van der Waals surface area contributed by atoms with Crippen LogP contribution in [0.4, 0.5) is 0 Å². The molecular weight excluding hydrogens is 224 g/mol. The number of aryl methyl sites for hydroxylation is 1. The lowest BCUT2D eigenvalue weighted by atomic mass is 10.1. The summed E-state index contributed by atoms with van der Waals surface area (Å²) in [6.45, 7) is 0. The summed E-state index contributed by atoms with van der Waals surface area (Å²) in [5.41, 5.74) is 2.66. The number of pyridine rings is 2. The number of benzene rings is 1. The van der Waals surface area contributed by atoms with Crippen molar-refractivity contribution in [3.63, 3.8) is 0 Å². The van der Waals surface area contributed by atoms with E-state index in [1.54, 1.807) is 17.8 Å². The fourth-order valence-corrected chi connectivity index (χ4v) is 1.99. The van der Waals surface area contributed by atoms with Crippen molar-refractivity contribution >= 4 is 10.9 Å². The van der Waals surface area contributed by atoms with Gasteiger partial charge in [0.15, 0.2) is 0 Å². The minimum Gasteiger partial charge on any atom is -0.318 e. The second kappa shape index (κ2) is 4.11. The minimum atomic E-state index is -0.0142. The summed E-state index contributed by atoms with van der Waals surface area (Å²) in [4.78, 5) is 16.4. The van der Waals surface area contributed by atoms with Crippen LogP contribution in [0, 0.1) is 0 Å². The summed E-state index contributed by atoms with van der Waals surface area (Å²) in [6, 6.07) is 15.5. The monoisotopic (exact) mass is 236 g/mol. The fraction of sp³-hybridized carbons (Fsp3) is 0.0667. The highest BCUT2D eigenvalue weighted by Crippen LogP contribution is 2.18. The van der Waals surface area contributed by atoms with Crippen molar-refractivity contribution < 1.29 is 0 Å². The molecule has 0 unspecified atom stereocenters. The standard InChI is InChI=1S/C15H12N2O/c1-17-10-9-14-12(15(17)18)7-8-13(16-14)11-5-3-2-4-6-11/h2-10H,1H3. The molecule has 0 aliphatic rings. The van der Waals surface area contributed by atoms with Crippen molar-refractivity contribution in [2.45, 2.75) is 0 Å². The predicted octanol–water partition coefficient (Wildman–Crippen LogP) is 2.60. The number of nitrogens with zero attached hydrogens (tertiary/aromatic N) is 2. The molecule has 2 aromatic heterocycles. The largest absolute Gasteiger partial charge is 0.318 e. The molecule has 0 bridgehead atoms. The molecule has 0 amide bonds. The highest BCUT2D eigenvalue weighted by Gasteiger charge is 2.04. The molecule has 0 N–H and O–H groups in total. The van der Waals surface area contributed by atoms with Gasteiger partial charge in [0.2, 0.25) is 0 Å². The Labute approximate surface area is 104 Å². The van der Waals surface area contributed by atoms with Gasteiger partial charge in [-0.3, -0.25) is 4.79 Å². The molecule has 0 spiro atoms. The van der Waals surface area contributed by atoms with Gasteiger partial charge in [-0.1, -0.05) is 30.3 Å². The molecule has 3 heteroatoms. The first-order valence-corrected chi connectivity index (χ1v) is 5.77. The molecule has 0 saturated heterocycles. The van der Waals surface area contributed by atoms with Crippen LogP contribution in [-0.2, 0) is 7.05 Å². The topological polar surface area (TPSA) is 34.9 Å². The normalized spacial score (nSPS) is 10.7. The summed E-state index contributed by atoms with van der Waals surface area (Å²) >= 11 is 0. The van der Waals surface area contributed by atoms with Gasteiger partial charge in [-0.05, 0) is 18.2 Å². The van der Waals surface area contributed by atoms with Gasteiger partial charge in [0.05, 0.1) is 16.6 Å². The van der Waals surface area contributed by atoms with Crippen molar-refractivity contribution in [3.8, 4) is 11.3 Å². The Morgan fingerprint density at radius 3 is 2.56 bits per heavy atom. The Balaban J connectivity index is 2.25. The van der Waals surface area contributed by atoms with Gasteiger partial charge >= 0.3 is 0 Å². The quantitative estimate of drug-likeness (QED) is 0.651.